The Labute approximate surface area is 121 Å². The monoisotopic (exact) mass is 338 g/mol. The quantitative estimate of drug-likeness (QED) is 0.755. The maximum atomic E-state index is 11.1. The Morgan fingerprint density at radius 3 is 3.00 bits per heavy atom. The van der Waals surface area contributed by atoms with E-state index < -0.39 is 5.76 Å². The number of hydrogen-bond acceptors (Lipinski definition) is 4. The predicted molar refractivity (Wildman–Crippen MR) is 80.9 cm³/mol. The van der Waals surface area contributed by atoms with E-state index in [0.717, 1.165) is 10.2 Å². The highest BCUT2D eigenvalue weighted by Gasteiger charge is 2.09. The van der Waals surface area contributed by atoms with Crippen molar-refractivity contribution in [2.75, 3.05) is 5.32 Å². The molecule has 0 radical (unpaired) electrons. The fourth-order valence-corrected chi connectivity index (χ4v) is 3.37. The third-order valence-electron chi connectivity index (χ3n) is 2.82. The normalized spacial score (nSPS) is 12.7. The van der Waals surface area contributed by atoms with E-state index in [4.69, 9.17) is 4.42 Å². The maximum absolute atomic E-state index is 11.1. The molecule has 0 saturated carbocycles. The smallest absolute Gasteiger partial charge is 0.408 e. The molecule has 2 heterocycles. The van der Waals surface area contributed by atoms with Crippen molar-refractivity contribution >= 4 is 44.1 Å². The van der Waals surface area contributed by atoms with Crippen molar-refractivity contribution in [2.45, 2.75) is 13.0 Å². The van der Waals surface area contributed by atoms with Crippen molar-refractivity contribution in [3.63, 3.8) is 0 Å². The zero-order chi connectivity index (χ0) is 13.4. The fourth-order valence-electron chi connectivity index (χ4n) is 1.92. The summed E-state index contributed by atoms with van der Waals surface area (Å²) >= 11 is 5.15. The molecule has 0 aliphatic rings. The molecule has 1 atom stereocenters. The molecule has 0 bridgehead atoms. The van der Waals surface area contributed by atoms with Gasteiger partial charge >= 0.3 is 5.76 Å². The molecule has 0 amide bonds. The van der Waals surface area contributed by atoms with E-state index in [9.17, 15) is 4.79 Å². The topological polar surface area (TPSA) is 58.0 Å². The number of benzene rings is 1. The van der Waals surface area contributed by atoms with Crippen molar-refractivity contribution in [2.24, 2.45) is 0 Å². The van der Waals surface area contributed by atoms with Crippen LogP contribution in [0.3, 0.4) is 0 Å². The van der Waals surface area contributed by atoms with Crippen molar-refractivity contribution in [3.8, 4) is 0 Å². The molecule has 1 aromatic carbocycles. The largest absolute Gasteiger partial charge is 0.417 e. The summed E-state index contributed by atoms with van der Waals surface area (Å²) in [6.45, 7) is 2.10. The Bertz CT molecular complexity index is 774. The Morgan fingerprint density at radius 1 is 1.42 bits per heavy atom. The summed E-state index contributed by atoms with van der Waals surface area (Å²) < 4.78 is 6.07. The van der Waals surface area contributed by atoms with Crippen molar-refractivity contribution in [1.82, 2.24) is 4.98 Å². The number of rotatable bonds is 3. The van der Waals surface area contributed by atoms with Crippen LogP contribution in [0.2, 0.25) is 0 Å². The van der Waals surface area contributed by atoms with Gasteiger partial charge in [0, 0.05) is 20.4 Å². The zero-order valence-corrected chi connectivity index (χ0v) is 12.5. The van der Waals surface area contributed by atoms with Gasteiger partial charge in [0.1, 0.15) is 0 Å². The molecule has 19 heavy (non-hydrogen) atoms. The van der Waals surface area contributed by atoms with E-state index in [1.54, 1.807) is 17.4 Å². The first kappa shape index (κ1) is 12.5. The van der Waals surface area contributed by atoms with Crippen LogP contribution in [-0.4, -0.2) is 4.98 Å². The summed E-state index contributed by atoms with van der Waals surface area (Å²) in [7, 11) is 0. The highest BCUT2D eigenvalue weighted by atomic mass is 79.9. The first-order chi connectivity index (χ1) is 9.11. The van der Waals surface area contributed by atoms with Gasteiger partial charge in [0.05, 0.1) is 11.6 Å². The second-order valence-electron chi connectivity index (χ2n) is 4.26. The number of hydrogen-bond donors (Lipinski definition) is 2. The van der Waals surface area contributed by atoms with Crippen molar-refractivity contribution in [1.29, 1.82) is 0 Å². The molecule has 1 unspecified atom stereocenters. The summed E-state index contributed by atoms with van der Waals surface area (Å²) in [4.78, 5) is 15.0. The van der Waals surface area contributed by atoms with Gasteiger partial charge in [-0.15, -0.1) is 11.3 Å². The van der Waals surface area contributed by atoms with Crippen LogP contribution in [-0.2, 0) is 0 Å². The summed E-state index contributed by atoms with van der Waals surface area (Å²) in [5.41, 5.74) is 2.22. The first-order valence-electron chi connectivity index (χ1n) is 5.75. The van der Waals surface area contributed by atoms with Gasteiger partial charge in [0.2, 0.25) is 0 Å². The lowest BCUT2D eigenvalue weighted by Crippen LogP contribution is -2.04. The SMILES string of the molecule is CC(Nc1ccc2oc(=O)[nH]c2c1)c1cc(Br)cs1. The molecule has 6 heteroatoms. The van der Waals surface area contributed by atoms with Crippen LogP contribution >= 0.6 is 27.3 Å². The summed E-state index contributed by atoms with van der Waals surface area (Å²) in [6.07, 6.45) is 0. The number of halogens is 1. The first-order valence-corrected chi connectivity index (χ1v) is 7.42. The number of aromatic amines is 1. The van der Waals surface area contributed by atoms with Gasteiger partial charge < -0.3 is 9.73 Å². The molecular formula is C13H11BrN2O2S. The molecule has 98 valence electrons. The minimum atomic E-state index is -0.428. The van der Waals surface area contributed by atoms with E-state index in [2.05, 4.69) is 44.6 Å². The molecule has 4 nitrogen and oxygen atoms in total. The second kappa shape index (κ2) is 4.86. The van der Waals surface area contributed by atoms with Gasteiger partial charge in [-0.05, 0) is 47.1 Å². The molecule has 0 aliphatic carbocycles. The Balaban J connectivity index is 1.86. The van der Waals surface area contributed by atoms with Gasteiger partial charge in [-0.1, -0.05) is 0 Å². The van der Waals surface area contributed by atoms with Crippen LogP contribution in [0, 0.1) is 0 Å². The van der Waals surface area contributed by atoms with Crippen molar-refractivity contribution in [3.05, 3.63) is 49.5 Å². The molecular weight excluding hydrogens is 328 g/mol. The second-order valence-corrected chi connectivity index (χ2v) is 6.12. The maximum Gasteiger partial charge on any atom is 0.417 e. The summed E-state index contributed by atoms with van der Waals surface area (Å²) in [5, 5.41) is 5.46. The Morgan fingerprint density at radius 2 is 2.26 bits per heavy atom. The van der Waals surface area contributed by atoms with Gasteiger partial charge in [-0.3, -0.25) is 4.98 Å². The van der Waals surface area contributed by atoms with Crippen molar-refractivity contribution < 1.29 is 4.42 Å². The van der Waals surface area contributed by atoms with Gasteiger partial charge in [-0.25, -0.2) is 4.79 Å². The van der Waals surface area contributed by atoms with E-state index in [1.807, 2.05) is 12.1 Å². The molecule has 3 rings (SSSR count). The van der Waals surface area contributed by atoms with Crippen LogP contribution in [0.1, 0.15) is 17.8 Å². The van der Waals surface area contributed by atoms with E-state index in [0.29, 0.717) is 11.1 Å². The van der Waals surface area contributed by atoms with Crippen LogP contribution < -0.4 is 11.1 Å². The van der Waals surface area contributed by atoms with E-state index in [-0.39, 0.29) is 6.04 Å². The number of aromatic nitrogens is 1. The van der Waals surface area contributed by atoms with Gasteiger partial charge in [0.15, 0.2) is 5.58 Å². The minimum Gasteiger partial charge on any atom is -0.408 e. The fraction of sp³-hybridized carbons (Fsp3) is 0.154. The summed E-state index contributed by atoms with van der Waals surface area (Å²) in [5.74, 6) is -0.428. The molecule has 0 spiro atoms. The zero-order valence-electron chi connectivity index (χ0n) is 10.1. The van der Waals surface area contributed by atoms with Crippen LogP contribution in [0.4, 0.5) is 5.69 Å². The third kappa shape index (κ3) is 2.59. The minimum absolute atomic E-state index is 0.201. The average Bonchev–Trinajstić information content (AvgIpc) is 2.93. The molecule has 0 aliphatic heterocycles. The van der Waals surface area contributed by atoms with Crippen LogP contribution in [0.15, 0.2) is 43.3 Å². The average molecular weight is 339 g/mol. The number of H-pyrrole nitrogens is 1. The molecule has 2 N–H and O–H groups in total. The van der Waals surface area contributed by atoms with Gasteiger partial charge in [0.25, 0.3) is 0 Å². The van der Waals surface area contributed by atoms with Crippen LogP contribution in [0.25, 0.3) is 11.1 Å². The van der Waals surface area contributed by atoms with E-state index >= 15 is 0 Å². The third-order valence-corrected chi connectivity index (χ3v) is 4.69. The Hall–Kier alpha value is -1.53. The highest BCUT2D eigenvalue weighted by Crippen LogP contribution is 2.28. The number of fused-ring (bicyclic) bond motifs is 1. The number of oxazole rings is 1. The molecule has 3 aromatic rings. The molecule has 0 saturated heterocycles. The Kier molecular flexibility index (Phi) is 3.20. The molecule has 2 aromatic heterocycles. The predicted octanol–water partition coefficient (Wildman–Crippen LogP) is 4.12. The lowest BCUT2D eigenvalue weighted by molar-refractivity contribution is 0.555. The number of thiophene rings is 1. The van der Waals surface area contributed by atoms with Crippen LogP contribution in [0.5, 0.6) is 0 Å². The standard InChI is InChI=1S/C13H11BrN2O2S/c1-7(12-4-8(14)6-19-12)15-9-2-3-11-10(5-9)16-13(17)18-11/h2-7,15H,1H3,(H,16,17). The number of nitrogens with one attached hydrogen (secondary N) is 2. The molecule has 0 fully saturated rings. The lowest BCUT2D eigenvalue weighted by atomic mass is 10.2. The highest BCUT2D eigenvalue weighted by molar-refractivity contribution is 9.10. The van der Waals surface area contributed by atoms with E-state index in [1.165, 1.54) is 4.88 Å². The summed E-state index contributed by atoms with van der Waals surface area (Å²) in [6, 6.07) is 7.86. The van der Waals surface area contributed by atoms with Gasteiger partial charge in [-0.2, -0.15) is 0 Å². The lowest BCUT2D eigenvalue weighted by Gasteiger charge is -2.13. The number of anilines is 1.